The summed E-state index contributed by atoms with van der Waals surface area (Å²) in [5, 5.41) is 12.1. The molecule has 9 N–H and O–H groups in total. The topological polar surface area (TPSA) is 181 Å². The van der Waals surface area contributed by atoms with Gasteiger partial charge in [-0.3, -0.25) is 25.0 Å². The molecular weight excluding hydrogens is 482 g/mol. The van der Waals surface area contributed by atoms with Gasteiger partial charge >= 0.3 is 0 Å². The van der Waals surface area contributed by atoms with Crippen LogP contribution in [0.4, 0.5) is 17.2 Å². The Hall–Kier alpha value is -4.09. The predicted octanol–water partition coefficient (Wildman–Crippen LogP) is 2.00. The van der Waals surface area contributed by atoms with E-state index < -0.39 is 11.5 Å². The van der Waals surface area contributed by atoms with Crippen LogP contribution in [0.15, 0.2) is 47.3 Å². The fraction of sp³-hybridized carbons (Fsp3) is 0.250. The molecule has 0 unspecified atom stereocenters. The Labute approximate surface area is 213 Å². The first-order chi connectivity index (χ1) is 17.1. The van der Waals surface area contributed by atoms with Crippen LogP contribution in [0.5, 0.6) is 0 Å². The first-order valence-corrected chi connectivity index (χ1v) is 11.7. The number of hydrazine groups is 1. The minimum Gasteiger partial charge on any atom is -0.399 e. The molecule has 3 rings (SSSR count). The molecule has 0 bridgehead atoms. The zero-order chi connectivity index (χ0) is 26.4. The number of hydrogen-bond acceptors (Lipinski definition) is 8. The maximum Gasteiger partial charge on any atom is 0.295 e. The van der Waals surface area contributed by atoms with E-state index in [1.165, 1.54) is 4.57 Å². The third-order valence-electron chi connectivity index (χ3n) is 5.46. The van der Waals surface area contributed by atoms with Gasteiger partial charge in [0.1, 0.15) is 12.4 Å². The third-order valence-corrected chi connectivity index (χ3v) is 5.72. The molecule has 190 valence electrons. The van der Waals surface area contributed by atoms with E-state index in [0.29, 0.717) is 35.6 Å². The van der Waals surface area contributed by atoms with Gasteiger partial charge < -0.3 is 22.5 Å². The van der Waals surface area contributed by atoms with Crippen molar-refractivity contribution in [2.75, 3.05) is 30.0 Å². The Morgan fingerprint density at radius 1 is 1.11 bits per heavy atom. The van der Waals surface area contributed by atoms with E-state index in [-0.39, 0.29) is 35.6 Å². The number of amides is 1. The molecule has 0 radical (unpaired) electrons. The molecule has 0 aliphatic carbocycles. The van der Waals surface area contributed by atoms with Gasteiger partial charge in [0.15, 0.2) is 5.15 Å². The largest absolute Gasteiger partial charge is 0.399 e. The van der Waals surface area contributed by atoms with Crippen LogP contribution in [-0.2, 0) is 17.9 Å². The lowest BCUT2D eigenvalue weighted by atomic mass is 10.1. The highest BCUT2D eigenvalue weighted by atomic mass is 35.5. The molecule has 0 spiro atoms. The SMILES string of the molecule is CCN(CC)Nc1nc(Cl)c(-c2cc(N)cc(N)c2)n(CC(=O)NCc2ccc(C(=N)N)cc2)c1=O. The normalized spacial score (nSPS) is 10.9. The number of aromatic nitrogens is 2. The number of benzene rings is 2. The molecule has 1 heterocycles. The van der Waals surface area contributed by atoms with Gasteiger partial charge in [-0.1, -0.05) is 49.7 Å². The summed E-state index contributed by atoms with van der Waals surface area (Å²) in [6.07, 6.45) is 0. The number of halogens is 1. The first kappa shape index (κ1) is 26.5. The lowest BCUT2D eigenvalue weighted by molar-refractivity contribution is -0.121. The Morgan fingerprint density at radius 2 is 1.72 bits per heavy atom. The second-order valence-corrected chi connectivity index (χ2v) is 8.41. The summed E-state index contributed by atoms with van der Waals surface area (Å²) in [5.74, 6) is -0.456. The van der Waals surface area contributed by atoms with Crippen molar-refractivity contribution in [3.05, 3.63) is 69.1 Å². The van der Waals surface area contributed by atoms with Crippen LogP contribution in [0, 0.1) is 5.41 Å². The molecule has 11 nitrogen and oxygen atoms in total. The summed E-state index contributed by atoms with van der Waals surface area (Å²) < 4.78 is 1.25. The predicted molar refractivity (Wildman–Crippen MR) is 144 cm³/mol. The number of rotatable bonds is 10. The van der Waals surface area contributed by atoms with Gasteiger partial charge in [0.05, 0.1) is 5.69 Å². The molecule has 12 heteroatoms. The van der Waals surface area contributed by atoms with Crippen LogP contribution >= 0.6 is 11.6 Å². The van der Waals surface area contributed by atoms with Crippen LogP contribution in [0.3, 0.4) is 0 Å². The van der Waals surface area contributed by atoms with E-state index in [9.17, 15) is 9.59 Å². The van der Waals surface area contributed by atoms with Crippen molar-refractivity contribution in [3.8, 4) is 11.3 Å². The highest BCUT2D eigenvalue weighted by molar-refractivity contribution is 6.32. The van der Waals surface area contributed by atoms with Crippen molar-refractivity contribution in [2.45, 2.75) is 26.9 Å². The number of nitrogens with zero attached hydrogens (tertiary/aromatic N) is 3. The molecule has 3 aromatic rings. The van der Waals surface area contributed by atoms with Crippen LogP contribution in [0.1, 0.15) is 25.0 Å². The van der Waals surface area contributed by atoms with Gasteiger partial charge in [-0.15, -0.1) is 0 Å². The highest BCUT2D eigenvalue weighted by Crippen LogP contribution is 2.29. The van der Waals surface area contributed by atoms with Gasteiger partial charge in [-0.05, 0) is 23.8 Å². The van der Waals surface area contributed by atoms with Crippen molar-refractivity contribution < 1.29 is 4.79 Å². The lowest BCUT2D eigenvalue weighted by Gasteiger charge is -2.22. The molecule has 0 fully saturated rings. The first-order valence-electron chi connectivity index (χ1n) is 11.3. The molecule has 36 heavy (non-hydrogen) atoms. The molecule has 0 aliphatic heterocycles. The maximum atomic E-state index is 13.4. The van der Waals surface area contributed by atoms with Crippen LogP contribution in [-0.4, -0.2) is 39.4 Å². The number of nitrogens with one attached hydrogen (secondary N) is 3. The van der Waals surface area contributed by atoms with Gasteiger partial charge in [0, 0.05) is 42.1 Å². The van der Waals surface area contributed by atoms with E-state index in [1.807, 2.05) is 13.8 Å². The summed E-state index contributed by atoms with van der Waals surface area (Å²) in [5.41, 5.74) is 22.7. The van der Waals surface area contributed by atoms with Crippen molar-refractivity contribution in [1.82, 2.24) is 19.9 Å². The number of nitrogens with two attached hydrogens (primary N) is 3. The lowest BCUT2D eigenvalue weighted by Crippen LogP contribution is -2.38. The average Bonchev–Trinajstić information content (AvgIpc) is 2.83. The number of carbonyl (C=O) groups excluding carboxylic acids is 1. The summed E-state index contributed by atoms with van der Waals surface area (Å²) in [4.78, 5) is 30.6. The smallest absolute Gasteiger partial charge is 0.295 e. The number of amidine groups is 1. The molecule has 1 aromatic heterocycles. The molecule has 1 amide bonds. The maximum absolute atomic E-state index is 13.4. The molecule has 0 atom stereocenters. The Balaban J connectivity index is 1.96. The number of anilines is 3. The molecule has 0 saturated carbocycles. The van der Waals surface area contributed by atoms with Crippen LogP contribution in [0.25, 0.3) is 11.3 Å². The van der Waals surface area contributed by atoms with E-state index in [4.69, 9.17) is 34.2 Å². The summed E-state index contributed by atoms with van der Waals surface area (Å²) in [6, 6.07) is 11.7. The zero-order valence-electron chi connectivity index (χ0n) is 20.1. The molecule has 0 saturated heterocycles. The van der Waals surface area contributed by atoms with Gasteiger partial charge in [-0.25, -0.2) is 9.99 Å². The Bertz CT molecular complexity index is 1300. The molecule has 2 aromatic carbocycles. The fourth-order valence-electron chi connectivity index (χ4n) is 3.59. The highest BCUT2D eigenvalue weighted by Gasteiger charge is 2.20. The van der Waals surface area contributed by atoms with Crippen molar-refractivity contribution in [1.29, 1.82) is 5.41 Å². The van der Waals surface area contributed by atoms with Crippen molar-refractivity contribution in [2.24, 2.45) is 5.73 Å². The third kappa shape index (κ3) is 6.32. The number of nitrogen functional groups attached to an aromatic ring is 3. The Kier molecular flexibility index (Phi) is 8.51. The fourth-order valence-corrected chi connectivity index (χ4v) is 3.88. The second-order valence-electron chi connectivity index (χ2n) is 8.05. The average molecular weight is 512 g/mol. The Morgan fingerprint density at radius 3 is 2.28 bits per heavy atom. The standard InChI is InChI=1S/C24H30ClN9O2/c1-3-33(4-2)32-23-24(36)34(20(21(25)31-23)16-9-17(26)11-18(27)10-16)13-19(35)30-12-14-5-7-15(8-6-14)22(28)29/h5-11H,3-4,12-13,26-27H2,1-2H3,(H3,28,29)(H,30,35)(H,31,32). The van der Waals surface area contributed by atoms with E-state index in [0.717, 1.165) is 5.56 Å². The van der Waals surface area contributed by atoms with Gasteiger partial charge in [0.2, 0.25) is 11.7 Å². The van der Waals surface area contributed by atoms with E-state index >= 15 is 0 Å². The quantitative estimate of drug-likeness (QED) is 0.103. The summed E-state index contributed by atoms with van der Waals surface area (Å²) >= 11 is 6.54. The minimum atomic E-state index is -0.525. The van der Waals surface area contributed by atoms with Gasteiger partial charge in [-0.2, -0.15) is 0 Å². The number of hydrogen-bond donors (Lipinski definition) is 6. The summed E-state index contributed by atoms with van der Waals surface area (Å²) in [6.45, 7) is 4.99. The minimum absolute atomic E-state index is 0.00283. The zero-order valence-corrected chi connectivity index (χ0v) is 20.9. The molecule has 0 aliphatic rings. The van der Waals surface area contributed by atoms with Gasteiger partial charge in [0.25, 0.3) is 5.56 Å². The van der Waals surface area contributed by atoms with Crippen LogP contribution in [0.2, 0.25) is 5.15 Å². The summed E-state index contributed by atoms with van der Waals surface area (Å²) in [7, 11) is 0. The van der Waals surface area contributed by atoms with Crippen LogP contribution < -0.4 is 33.5 Å². The van der Waals surface area contributed by atoms with E-state index in [1.54, 1.807) is 47.5 Å². The van der Waals surface area contributed by atoms with Crippen molar-refractivity contribution in [3.63, 3.8) is 0 Å². The molecular formula is C24H30ClN9O2. The van der Waals surface area contributed by atoms with Crippen molar-refractivity contribution >= 4 is 40.5 Å². The monoisotopic (exact) mass is 511 g/mol. The van der Waals surface area contributed by atoms with E-state index in [2.05, 4.69) is 15.7 Å². The second kappa shape index (κ2) is 11.6. The number of carbonyl (C=O) groups is 1.